The van der Waals surface area contributed by atoms with Gasteiger partial charge in [-0.3, -0.25) is 9.59 Å². The number of hydrogen-bond donors (Lipinski definition) is 1. The predicted octanol–water partition coefficient (Wildman–Crippen LogP) is 1.06. The molecule has 0 aliphatic carbocycles. The molecule has 90 valence electrons. The number of likely N-dealkylation sites (tertiary alicyclic amines) is 1. The summed E-state index contributed by atoms with van der Waals surface area (Å²) in [5, 5.41) is 8.96. The molecule has 2 aliphatic heterocycles. The van der Waals surface area contributed by atoms with E-state index in [1.807, 2.05) is 11.8 Å². The maximum Gasteiger partial charge on any atom is 0.308 e. The average molecular weight is 243 g/mol. The van der Waals surface area contributed by atoms with E-state index in [0.29, 0.717) is 13.0 Å². The van der Waals surface area contributed by atoms with Gasteiger partial charge in [-0.15, -0.1) is 0 Å². The molecular weight excluding hydrogens is 226 g/mol. The summed E-state index contributed by atoms with van der Waals surface area (Å²) in [7, 11) is 0. The molecule has 2 rings (SSSR count). The molecule has 2 unspecified atom stereocenters. The van der Waals surface area contributed by atoms with Gasteiger partial charge >= 0.3 is 5.97 Å². The van der Waals surface area contributed by atoms with E-state index in [0.717, 1.165) is 30.9 Å². The summed E-state index contributed by atoms with van der Waals surface area (Å²) in [4.78, 5) is 24.8. The number of hydrogen-bond acceptors (Lipinski definition) is 3. The molecular formula is C11H17NO3S. The summed E-state index contributed by atoms with van der Waals surface area (Å²) in [6, 6.07) is 0. The van der Waals surface area contributed by atoms with Crippen LogP contribution in [0.15, 0.2) is 0 Å². The highest BCUT2D eigenvalue weighted by Crippen LogP contribution is 2.27. The third kappa shape index (κ3) is 2.51. The Kier molecular flexibility index (Phi) is 3.74. The van der Waals surface area contributed by atoms with Crippen LogP contribution in [-0.4, -0.2) is 46.5 Å². The highest BCUT2D eigenvalue weighted by molar-refractivity contribution is 7.99. The van der Waals surface area contributed by atoms with Crippen LogP contribution in [0.4, 0.5) is 0 Å². The molecule has 2 saturated heterocycles. The maximum absolute atomic E-state index is 12.1. The number of nitrogens with zero attached hydrogens (tertiary/aromatic N) is 1. The van der Waals surface area contributed by atoms with Crippen LogP contribution < -0.4 is 0 Å². The van der Waals surface area contributed by atoms with E-state index < -0.39 is 5.97 Å². The number of carboxylic acid groups (broad SMARTS) is 1. The number of amides is 1. The third-order valence-corrected chi connectivity index (χ3v) is 4.52. The molecule has 0 aromatic heterocycles. The zero-order valence-corrected chi connectivity index (χ0v) is 10.0. The van der Waals surface area contributed by atoms with Crippen molar-refractivity contribution in [2.45, 2.75) is 19.3 Å². The third-order valence-electron chi connectivity index (χ3n) is 3.36. The molecule has 0 spiro atoms. The largest absolute Gasteiger partial charge is 0.481 e. The average Bonchev–Trinajstić information content (AvgIpc) is 2.81. The molecule has 0 aromatic rings. The van der Waals surface area contributed by atoms with Crippen LogP contribution in [0.25, 0.3) is 0 Å². The van der Waals surface area contributed by atoms with Crippen molar-refractivity contribution in [3.63, 3.8) is 0 Å². The Morgan fingerprint density at radius 3 is 2.69 bits per heavy atom. The van der Waals surface area contributed by atoms with Gasteiger partial charge in [0.15, 0.2) is 0 Å². The molecule has 5 heteroatoms. The van der Waals surface area contributed by atoms with E-state index >= 15 is 0 Å². The molecule has 0 bridgehead atoms. The number of rotatable bonds is 2. The molecule has 1 N–H and O–H groups in total. The van der Waals surface area contributed by atoms with Gasteiger partial charge in [0.1, 0.15) is 0 Å². The second-order valence-electron chi connectivity index (χ2n) is 4.52. The van der Waals surface area contributed by atoms with Crippen LogP contribution in [0.5, 0.6) is 0 Å². The fourth-order valence-electron chi connectivity index (χ4n) is 2.37. The van der Waals surface area contributed by atoms with Gasteiger partial charge in [-0.05, 0) is 25.0 Å². The van der Waals surface area contributed by atoms with Gasteiger partial charge < -0.3 is 10.0 Å². The van der Waals surface area contributed by atoms with Crippen molar-refractivity contribution >= 4 is 23.6 Å². The van der Waals surface area contributed by atoms with Crippen molar-refractivity contribution in [1.82, 2.24) is 4.90 Å². The van der Waals surface area contributed by atoms with Gasteiger partial charge in [-0.1, -0.05) is 0 Å². The first-order valence-corrected chi connectivity index (χ1v) is 6.93. The Labute approximate surface area is 99.4 Å². The van der Waals surface area contributed by atoms with Gasteiger partial charge in [0.2, 0.25) is 5.91 Å². The van der Waals surface area contributed by atoms with Crippen molar-refractivity contribution in [1.29, 1.82) is 0 Å². The lowest BCUT2D eigenvalue weighted by Gasteiger charge is -2.32. The number of carbonyl (C=O) groups excluding carboxylic acids is 1. The van der Waals surface area contributed by atoms with Crippen LogP contribution in [-0.2, 0) is 9.59 Å². The summed E-state index contributed by atoms with van der Waals surface area (Å²) >= 11 is 1.82. The van der Waals surface area contributed by atoms with Crippen molar-refractivity contribution in [2.75, 3.05) is 24.6 Å². The number of piperidine rings is 1. The van der Waals surface area contributed by atoms with E-state index in [4.69, 9.17) is 5.11 Å². The smallest absolute Gasteiger partial charge is 0.308 e. The molecule has 0 radical (unpaired) electrons. The van der Waals surface area contributed by atoms with Crippen molar-refractivity contribution < 1.29 is 14.7 Å². The molecule has 2 fully saturated rings. The van der Waals surface area contributed by atoms with Crippen LogP contribution >= 0.6 is 11.8 Å². The zero-order chi connectivity index (χ0) is 11.5. The molecule has 0 saturated carbocycles. The van der Waals surface area contributed by atoms with Crippen LogP contribution in [0.1, 0.15) is 19.3 Å². The number of carbonyl (C=O) groups is 2. The second-order valence-corrected chi connectivity index (χ2v) is 5.67. The molecule has 2 atom stereocenters. The van der Waals surface area contributed by atoms with Crippen molar-refractivity contribution in [3.05, 3.63) is 0 Å². The van der Waals surface area contributed by atoms with Gasteiger partial charge in [0, 0.05) is 24.8 Å². The first-order valence-electron chi connectivity index (χ1n) is 5.78. The summed E-state index contributed by atoms with van der Waals surface area (Å²) in [6.07, 6.45) is 2.48. The predicted molar refractivity (Wildman–Crippen MR) is 62.4 cm³/mol. The normalized spacial score (nSPS) is 30.4. The summed E-state index contributed by atoms with van der Waals surface area (Å²) in [5.41, 5.74) is 0. The summed E-state index contributed by atoms with van der Waals surface area (Å²) in [6.45, 7) is 1.15. The Morgan fingerprint density at radius 2 is 2.06 bits per heavy atom. The van der Waals surface area contributed by atoms with Gasteiger partial charge in [0.05, 0.1) is 5.92 Å². The molecule has 0 aromatic carbocycles. The monoisotopic (exact) mass is 243 g/mol. The quantitative estimate of drug-likeness (QED) is 0.788. The minimum Gasteiger partial charge on any atom is -0.481 e. The minimum absolute atomic E-state index is 0.137. The van der Waals surface area contributed by atoms with Crippen LogP contribution in [0.3, 0.4) is 0 Å². The second kappa shape index (κ2) is 5.08. The van der Waals surface area contributed by atoms with E-state index in [9.17, 15) is 9.59 Å². The fraction of sp³-hybridized carbons (Fsp3) is 0.818. The van der Waals surface area contributed by atoms with Gasteiger partial charge in [-0.2, -0.15) is 11.8 Å². The molecule has 2 heterocycles. The maximum atomic E-state index is 12.1. The highest BCUT2D eigenvalue weighted by atomic mass is 32.2. The summed E-state index contributed by atoms with van der Waals surface area (Å²) in [5.74, 6) is 1.17. The van der Waals surface area contributed by atoms with E-state index in [1.165, 1.54) is 0 Å². The molecule has 1 amide bonds. The Balaban J connectivity index is 1.93. The van der Waals surface area contributed by atoms with E-state index in [2.05, 4.69) is 0 Å². The van der Waals surface area contributed by atoms with E-state index in [-0.39, 0.29) is 17.7 Å². The first-order chi connectivity index (χ1) is 7.68. The zero-order valence-electron chi connectivity index (χ0n) is 9.22. The summed E-state index contributed by atoms with van der Waals surface area (Å²) < 4.78 is 0. The lowest BCUT2D eigenvalue weighted by Crippen LogP contribution is -2.44. The fourth-order valence-corrected chi connectivity index (χ4v) is 3.58. The Bertz CT molecular complexity index is 289. The first kappa shape index (κ1) is 11.8. The topological polar surface area (TPSA) is 57.6 Å². The van der Waals surface area contributed by atoms with E-state index in [1.54, 1.807) is 4.90 Å². The molecule has 2 aliphatic rings. The minimum atomic E-state index is -0.765. The lowest BCUT2D eigenvalue weighted by atomic mass is 9.96. The van der Waals surface area contributed by atoms with Gasteiger partial charge in [-0.25, -0.2) is 0 Å². The number of aliphatic carboxylic acids is 1. The molecule has 4 nitrogen and oxygen atoms in total. The lowest BCUT2D eigenvalue weighted by molar-refractivity contribution is -0.146. The van der Waals surface area contributed by atoms with Crippen LogP contribution in [0, 0.1) is 11.8 Å². The Hall–Kier alpha value is -0.710. The van der Waals surface area contributed by atoms with Crippen LogP contribution in [0.2, 0.25) is 0 Å². The standard InChI is InChI=1S/C11H17NO3S/c13-10(9-3-5-16-7-9)12-4-1-2-8(6-12)11(14)15/h8-9H,1-7H2,(H,14,15). The SMILES string of the molecule is O=C(O)C1CCCN(C(=O)C2CCSC2)C1. The van der Waals surface area contributed by atoms with Crippen molar-refractivity contribution in [2.24, 2.45) is 11.8 Å². The Morgan fingerprint density at radius 1 is 1.25 bits per heavy atom. The van der Waals surface area contributed by atoms with Gasteiger partial charge in [0.25, 0.3) is 0 Å². The highest BCUT2D eigenvalue weighted by Gasteiger charge is 2.32. The molecule has 16 heavy (non-hydrogen) atoms. The van der Waals surface area contributed by atoms with Crippen molar-refractivity contribution in [3.8, 4) is 0 Å². The number of thioether (sulfide) groups is 1. The number of carboxylic acids is 1.